The third-order valence-corrected chi connectivity index (χ3v) is 3.39. The van der Waals surface area contributed by atoms with Crippen molar-refractivity contribution in [3.05, 3.63) is 24.0 Å². The standard InChI is InChI=1S/C10H6F9IN2/c1-22-4-5(3-21-22)6(20)2-7(11,12)8(13,14)9(15,16)10(17,18)19/h2-4H,1H3/b6-2+. The molecule has 0 bridgehead atoms. The molecule has 12 heteroatoms. The van der Waals surface area contributed by atoms with Gasteiger partial charge < -0.3 is 0 Å². The smallest absolute Gasteiger partial charge is 0.275 e. The van der Waals surface area contributed by atoms with E-state index in [0.29, 0.717) is 0 Å². The van der Waals surface area contributed by atoms with Crippen molar-refractivity contribution in [2.24, 2.45) is 7.05 Å². The molecule has 0 saturated heterocycles. The zero-order valence-electron chi connectivity index (χ0n) is 10.4. The van der Waals surface area contributed by atoms with Gasteiger partial charge in [-0.2, -0.15) is 44.6 Å². The molecular formula is C10H6F9IN2. The van der Waals surface area contributed by atoms with Gasteiger partial charge in [0.05, 0.1) is 6.20 Å². The average molecular weight is 452 g/mol. The van der Waals surface area contributed by atoms with Gasteiger partial charge in [-0.3, -0.25) is 4.68 Å². The van der Waals surface area contributed by atoms with Crippen LogP contribution >= 0.6 is 22.6 Å². The lowest BCUT2D eigenvalue weighted by Crippen LogP contribution is -2.60. The Labute approximate surface area is 131 Å². The third-order valence-electron chi connectivity index (χ3n) is 2.46. The van der Waals surface area contributed by atoms with Crippen LogP contribution in [0.2, 0.25) is 0 Å². The Morgan fingerprint density at radius 2 is 1.55 bits per heavy atom. The predicted octanol–water partition coefficient (Wildman–Crippen LogP) is 4.66. The van der Waals surface area contributed by atoms with Crippen molar-refractivity contribution >= 4 is 26.2 Å². The van der Waals surface area contributed by atoms with Crippen molar-refractivity contribution in [2.75, 3.05) is 0 Å². The molecule has 1 aromatic rings. The molecule has 22 heavy (non-hydrogen) atoms. The number of hydrogen-bond acceptors (Lipinski definition) is 1. The number of allylic oxidation sites excluding steroid dienone is 1. The molecular weight excluding hydrogens is 446 g/mol. The van der Waals surface area contributed by atoms with Gasteiger partial charge >= 0.3 is 23.9 Å². The summed E-state index contributed by atoms with van der Waals surface area (Å²) in [5, 5.41) is 3.53. The minimum Gasteiger partial charge on any atom is -0.275 e. The highest BCUT2D eigenvalue weighted by molar-refractivity contribution is 14.1. The van der Waals surface area contributed by atoms with E-state index in [4.69, 9.17) is 0 Å². The van der Waals surface area contributed by atoms with E-state index in [-0.39, 0.29) is 5.56 Å². The Bertz CT molecular complexity index is 573. The molecule has 0 aliphatic rings. The largest absolute Gasteiger partial charge is 0.460 e. The lowest BCUT2D eigenvalue weighted by Gasteiger charge is -2.32. The monoisotopic (exact) mass is 452 g/mol. The van der Waals surface area contributed by atoms with E-state index in [1.165, 1.54) is 7.05 Å². The van der Waals surface area contributed by atoms with Crippen LogP contribution in [0.25, 0.3) is 3.58 Å². The van der Waals surface area contributed by atoms with Gasteiger partial charge in [0.15, 0.2) is 0 Å². The number of hydrogen-bond donors (Lipinski definition) is 0. The van der Waals surface area contributed by atoms with Crippen molar-refractivity contribution in [1.82, 2.24) is 9.78 Å². The topological polar surface area (TPSA) is 17.8 Å². The highest BCUT2D eigenvalue weighted by Gasteiger charge is 2.81. The number of aryl methyl sites for hydroxylation is 1. The van der Waals surface area contributed by atoms with Gasteiger partial charge in [-0.1, -0.05) is 0 Å². The lowest BCUT2D eigenvalue weighted by molar-refractivity contribution is -0.388. The molecule has 1 rings (SSSR count). The molecule has 0 spiro atoms. The summed E-state index contributed by atoms with van der Waals surface area (Å²) in [4.78, 5) is 0. The lowest BCUT2D eigenvalue weighted by atomic mass is 10.0. The van der Waals surface area contributed by atoms with Crippen LogP contribution in [0.4, 0.5) is 39.5 Å². The first-order valence-corrected chi connectivity index (χ1v) is 6.29. The first-order valence-electron chi connectivity index (χ1n) is 5.21. The molecule has 0 aromatic carbocycles. The van der Waals surface area contributed by atoms with E-state index in [1.54, 1.807) is 0 Å². The molecule has 0 amide bonds. The fourth-order valence-electron chi connectivity index (χ4n) is 1.27. The number of aromatic nitrogens is 2. The van der Waals surface area contributed by atoms with Crippen molar-refractivity contribution < 1.29 is 39.5 Å². The maximum atomic E-state index is 13.3. The van der Waals surface area contributed by atoms with Crippen molar-refractivity contribution in [2.45, 2.75) is 23.9 Å². The van der Waals surface area contributed by atoms with Crippen LogP contribution < -0.4 is 0 Å². The van der Waals surface area contributed by atoms with Gasteiger partial charge in [0, 0.05) is 28.5 Å². The first kappa shape index (κ1) is 19.1. The quantitative estimate of drug-likeness (QED) is 0.480. The van der Waals surface area contributed by atoms with Crippen LogP contribution in [0.3, 0.4) is 0 Å². The van der Waals surface area contributed by atoms with Crippen LogP contribution in [0.15, 0.2) is 18.5 Å². The normalized spacial score (nSPS) is 15.3. The molecule has 0 N–H and O–H groups in total. The molecule has 0 fully saturated rings. The van der Waals surface area contributed by atoms with Gasteiger partial charge in [0.2, 0.25) is 0 Å². The van der Waals surface area contributed by atoms with E-state index < -0.39 is 33.6 Å². The van der Waals surface area contributed by atoms with E-state index in [9.17, 15) is 39.5 Å². The first-order chi connectivity index (χ1) is 9.63. The summed E-state index contributed by atoms with van der Waals surface area (Å²) in [6.07, 6.45) is -5.43. The second kappa shape index (κ2) is 5.60. The van der Waals surface area contributed by atoms with Crippen molar-refractivity contribution in [3.63, 3.8) is 0 Å². The van der Waals surface area contributed by atoms with E-state index in [1.807, 2.05) is 0 Å². The molecule has 1 aromatic heterocycles. The minimum atomic E-state index is -6.90. The number of nitrogens with zero attached hydrogens (tertiary/aromatic N) is 2. The van der Waals surface area contributed by atoms with E-state index in [0.717, 1.165) is 39.7 Å². The highest BCUT2D eigenvalue weighted by Crippen LogP contribution is 2.54. The average Bonchev–Trinajstić information content (AvgIpc) is 2.73. The summed E-state index contributed by atoms with van der Waals surface area (Å²) in [5.74, 6) is -19.3. The van der Waals surface area contributed by atoms with Crippen LogP contribution in [0, 0.1) is 0 Å². The Balaban J connectivity index is 3.27. The summed E-state index contributed by atoms with van der Waals surface area (Å²) < 4.78 is 114. The molecule has 0 saturated carbocycles. The number of rotatable bonds is 4. The fraction of sp³-hybridized carbons (Fsp3) is 0.500. The fourth-order valence-corrected chi connectivity index (χ4v) is 1.93. The van der Waals surface area contributed by atoms with Gasteiger partial charge in [-0.25, -0.2) is 0 Å². The second-order valence-electron chi connectivity index (χ2n) is 4.16. The molecule has 0 radical (unpaired) electrons. The Morgan fingerprint density at radius 3 is 1.91 bits per heavy atom. The van der Waals surface area contributed by atoms with Gasteiger partial charge in [0.1, 0.15) is 0 Å². The minimum absolute atomic E-state index is 0.145. The molecule has 0 atom stereocenters. The summed E-state index contributed by atoms with van der Waals surface area (Å²) in [6.45, 7) is 0. The Kier molecular flexibility index (Phi) is 4.86. The van der Waals surface area contributed by atoms with Gasteiger partial charge in [0.25, 0.3) is 0 Å². The Morgan fingerprint density at radius 1 is 1.05 bits per heavy atom. The third kappa shape index (κ3) is 3.20. The maximum Gasteiger partial charge on any atom is 0.460 e. The summed E-state index contributed by atoms with van der Waals surface area (Å²) in [7, 11) is 1.36. The summed E-state index contributed by atoms with van der Waals surface area (Å²) >= 11 is 1.10. The van der Waals surface area contributed by atoms with Crippen LogP contribution in [0.1, 0.15) is 5.56 Å². The molecule has 126 valence electrons. The number of halogens is 10. The second-order valence-corrected chi connectivity index (χ2v) is 5.33. The van der Waals surface area contributed by atoms with E-state index >= 15 is 0 Å². The summed E-state index contributed by atoms with van der Waals surface area (Å²) in [6, 6.07) is 0. The zero-order valence-corrected chi connectivity index (χ0v) is 12.6. The maximum absolute atomic E-state index is 13.3. The Hall–Kier alpha value is -0.950. The van der Waals surface area contributed by atoms with Crippen LogP contribution in [-0.4, -0.2) is 33.7 Å². The van der Waals surface area contributed by atoms with Crippen LogP contribution in [-0.2, 0) is 7.05 Å². The van der Waals surface area contributed by atoms with Gasteiger partial charge in [-0.15, -0.1) is 0 Å². The molecule has 2 nitrogen and oxygen atoms in total. The highest BCUT2D eigenvalue weighted by atomic mass is 127. The molecule has 0 aliphatic heterocycles. The van der Waals surface area contributed by atoms with Crippen molar-refractivity contribution in [1.29, 1.82) is 0 Å². The van der Waals surface area contributed by atoms with Crippen LogP contribution in [0.5, 0.6) is 0 Å². The summed E-state index contributed by atoms with van der Waals surface area (Å²) in [5.41, 5.74) is -0.145. The van der Waals surface area contributed by atoms with E-state index in [2.05, 4.69) is 5.10 Å². The van der Waals surface area contributed by atoms with Crippen molar-refractivity contribution in [3.8, 4) is 0 Å². The SMILES string of the molecule is Cn1cc(/C(I)=C\C(F)(F)C(F)(F)C(F)(F)C(F)(F)F)cn1. The predicted molar refractivity (Wildman–Crippen MR) is 66.1 cm³/mol. The molecule has 0 unspecified atom stereocenters. The number of alkyl halides is 9. The molecule has 0 aliphatic carbocycles. The molecule has 1 heterocycles. The zero-order chi connectivity index (χ0) is 17.6. The van der Waals surface area contributed by atoms with Gasteiger partial charge in [-0.05, 0) is 22.6 Å².